The van der Waals surface area contributed by atoms with Crippen LogP contribution in [0.3, 0.4) is 0 Å². The molecule has 0 aromatic rings. The zero-order valence-electron chi connectivity index (χ0n) is 8.34. The molecule has 0 saturated carbocycles. The lowest BCUT2D eigenvalue weighted by Crippen LogP contribution is -2.39. The van der Waals surface area contributed by atoms with Gasteiger partial charge in [0, 0.05) is 33.1 Å². The summed E-state index contributed by atoms with van der Waals surface area (Å²) >= 11 is 0. The highest BCUT2D eigenvalue weighted by molar-refractivity contribution is 5.71. The van der Waals surface area contributed by atoms with Gasteiger partial charge in [0.15, 0.2) is 5.96 Å². The first kappa shape index (κ1) is 15.1. The van der Waals surface area contributed by atoms with Crippen LogP contribution in [0.1, 0.15) is 6.92 Å². The molecule has 0 spiro atoms. The summed E-state index contributed by atoms with van der Waals surface area (Å²) in [5.74, 6) is -1.17. The summed E-state index contributed by atoms with van der Waals surface area (Å²) in [5.41, 5.74) is 8.94. The van der Waals surface area contributed by atoms with Crippen LogP contribution in [0.25, 0.3) is 0 Å². The van der Waals surface area contributed by atoms with Crippen LogP contribution in [0.15, 0.2) is 0 Å². The van der Waals surface area contributed by atoms with Crippen molar-refractivity contribution < 1.29 is 9.90 Å². The van der Waals surface area contributed by atoms with Gasteiger partial charge in [0.25, 0.3) is 5.97 Å². The molecule has 0 bridgehead atoms. The third kappa shape index (κ3) is 45.8. The second kappa shape index (κ2) is 11.7. The fourth-order valence-corrected chi connectivity index (χ4v) is 0.604. The number of carboxylic acid groups (broad SMARTS) is 1. The van der Waals surface area contributed by atoms with E-state index in [1.165, 1.54) is 0 Å². The van der Waals surface area contributed by atoms with Gasteiger partial charge in [-0.15, -0.1) is 0 Å². The zero-order chi connectivity index (χ0) is 11.4. The lowest BCUT2D eigenvalue weighted by molar-refractivity contribution is -0.134. The average molecular weight is 205 g/mol. The van der Waals surface area contributed by atoms with Gasteiger partial charge in [0.05, 0.1) is 0 Å². The number of nitrogens with one attached hydrogen (secondary N) is 3. The minimum absolute atomic E-state index is 0.333. The van der Waals surface area contributed by atoms with E-state index in [-0.39, 0.29) is 5.96 Å². The number of rotatable bonds is 0. The van der Waals surface area contributed by atoms with Crippen LogP contribution in [0, 0.1) is 5.41 Å². The Kier molecular flexibility index (Phi) is 12.6. The van der Waals surface area contributed by atoms with Crippen molar-refractivity contribution in [3.05, 3.63) is 0 Å². The molecule has 0 radical (unpaired) electrons. The number of hydrogen-bond acceptors (Lipinski definition) is 4. The Morgan fingerprint density at radius 1 is 1.21 bits per heavy atom. The smallest absolute Gasteiger partial charge is 0.300 e. The maximum absolute atomic E-state index is 9.00. The molecule has 1 saturated heterocycles. The first-order valence-corrected chi connectivity index (χ1v) is 4.17. The summed E-state index contributed by atoms with van der Waals surface area (Å²) in [6, 6.07) is 0. The van der Waals surface area contributed by atoms with E-state index < -0.39 is 5.97 Å². The Labute approximate surface area is 83.4 Å². The van der Waals surface area contributed by atoms with E-state index in [9.17, 15) is 0 Å². The molecule has 0 unspecified atom stereocenters. The Hall–Kier alpha value is -1.34. The second-order valence-electron chi connectivity index (χ2n) is 2.47. The van der Waals surface area contributed by atoms with Gasteiger partial charge in [0.2, 0.25) is 0 Å². The molecular weight excluding hydrogens is 186 g/mol. The van der Waals surface area contributed by atoms with Gasteiger partial charge in [-0.3, -0.25) is 10.2 Å². The molecule has 0 aromatic carbocycles. The average Bonchev–Trinajstić information content (AvgIpc) is 2.05. The molecule has 1 heterocycles. The number of carbonyl (C=O) groups is 1. The lowest BCUT2D eigenvalue weighted by atomic mass is 10.4. The number of aliphatic carboxylic acids is 1. The van der Waals surface area contributed by atoms with Gasteiger partial charge in [-0.2, -0.15) is 0 Å². The van der Waals surface area contributed by atoms with Crippen molar-refractivity contribution in [2.75, 3.05) is 26.2 Å². The van der Waals surface area contributed by atoms with Crippen molar-refractivity contribution >= 4 is 11.9 Å². The Balaban J connectivity index is 0. The highest BCUT2D eigenvalue weighted by Gasteiger charge is 1.91. The van der Waals surface area contributed by atoms with Crippen molar-refractivity contribution in [3.63, 3.8) is 0 Å². The molecule has 1 aliphatic heterocycles. The van der Waals surface area contributed by atoms with Crippen LogP contribution in [-0.4, -0.2) is 43.2 Å². The van der Waals surface area contributed by atoms with Crippen LogP contribution in [0.2, 0.25) is 0 Å². The zero-order valence-corrected chi connectivity index (χ0v) is 8.34. The number of hydrogen-bond donors (Lipinski definition) is 6. The predicted octanol–water partition coefficient (Wildman–Crippen LogP) is -1.89. The highest BCUT2D eigenvalue weighted by atomic mass is 16.4. The van der Waals surface area contributed by atoms with Gasteiger partial charge in [-0.05, 0) is 0 Å². The minimum Gasteiger partial charge on any atom is -0.481 e. The quantitative estimate of drug-likeness (QED) is 0.202. The third-order valence-corrected chi connectivity index (χ3v) is 0.957. The van der Waals surface area contributed by atoms with Crippen LogP contribution in [0.4, 0.5) is 0 Å². The second-order valence-corrected chi connectivity index (χ2v) is 2.47. The van der Waals surface area contributed by atoms with Gasteiger partial charge in [-0.1, -0.05) is 0 Å². The molecule has 0 aliphatic carbocycles. The first-order valence-electron chi connectivity index (χ1n) is 4.17. The van der Waals surface area contributed by atoms with Crippen molar-refractivity contribution in [1.29, 1.82) is 5.41 Å². The monoisotopic (exact) mass is 205 g/mol. The van der Waals surface area contributed by atoms with Crippen molar-refractivity contribution in [3.8, 4) is 0 Å². The fourth-order valence-electron chi connectivity index (χ4n) is 0.604. The largest absolute Gasteiger partial charge is 0.481 e. The molecule has 1 aliphatic rings. The molecule has 0 amide bonds. The molecular formula is C7H19N5O2. The van der Waals surface area contributed by atoms with Gasteiger partial charge >= 0.3 is 0 Å². The number of nitrogens with two attached hydrogens (primary N) is 2. The van der Waals surface area contributed by atoms with Gasteiger partial charge in [0.1, 0.15) is 0 Å². The van der Waals surface area contributed by atoms with Gasteiger partial charge < -0.3 is 27.2 Å². The molecule has 0 aromatic heterocycles. The van der Waals surface area contributed by atoms with Crippen LogP contribution >= 0.6 is 0 Å². The molecule has 1 fully saturated rings. The van der Waals surface area contributed by atoms with E-state index in [1.54, 1.807) is 0 Å². The standard InChI is InChI=1S/C4H10N2.C2H4O2.CH5N3/c1-2-6-4-3-5-1;1-2(3)4;2-1(3)4/h5-6H,1-4H2;1H3,(H,3,4);(H5,2,3,4). The molecule has 1 rings (SSSR count). The van der Waals surface area contributed by atoms with Crippen LogP contribution < -0.4 is 22.1 Å². The van der Waals surface area contributed by atoms with E-state index >= 15 is 0 Å². The Morgan fingerprint density at radius 2 is 1.36 bits per heavy atom. The highest BCUT2D eigenvalue weighted by Crippen LogP contribution is 1.65. The molecule has 14 heavy (non-hydrogen) atoms. The van der Waals surface area contributed by atoms with E-state index in [1.807, 2.05) is 0 Å². The number of piperazine rings is 1. The van der Waals surface area contributed by atoms with E-state index in [2.05, 4.69) is 22.1 Å². The summed E-state index contributed by atoms with van der Waals surface area (Å²) < 4.78 is 0. The first-order chi connectivity index (χ1) is 6.46. The number of guanidine groups is 1. The summed E-state index contributed by atoms with van der Waals surface area (Å²) in [5, 5.41) is 19.9. The Bertz CT molecular complexity index is 127. The molecule has 8 N–H and O–H groups in total. The predicted molar refractivity (Wildman–Crippen MR) is 55.2 cm³/mol. The summed E-state index contributed by atoms with van der Waals surface area (Å²) in [4.78, 5) is 9.00. The van der Waals surface area contributed by atoms with E-state index in [0.29, 0.717) is 0 Å². The Morgan fingerprint density at radius 3 is 1.43 bits per heavy atom. The lowest BCUT2D eigenvalue weighted by Gasteiger charge is -2.11. The van der Waals surface area contributed by atoms with Crippen LogP contribution in [0.5, 0.6) is 0 Å². The maximum atomic E-state index is 9.00. The summed E-state index contributed by atoms with van der Waals surface area (Å²) in [6.07, 6.45) is 0. The summed E-state index contributed by atoms with van der Waals surface area (Å²) in [6.45, 7) is 5.64. The molecule has 0 atom stereocenters. The minimum atomic E-state index is -0.833. The van der Waals surface area contributed by atoms with Gasteiger partial charge in [-0.25, -0.2) is 0 Å². The van der Waals surface area contributed by atoms with E-state index in [4.69, 9.17) is 15.3 Å². The topological polar surface area (TPSA) is 137 Å². The fraction of sp³-hybridized carbons (Fsp3) is 0.714. The molecule has 84 valence electrons. The van der Waals surface area contributed by atoms with Crippen molar-refractivity contribution in [2.24, 2.45) is 11.5 Å². The summed E-state index contributed by atoms with van der Waals surface area (Å²) in [7, 11) is 0. The van der Waals surface area contributed by atoms with Crippen LogP contribution in [-0.2, 0) is 4.79 Å². The van der Waals surface area contributed by atoms with Crippen molar-refractivity contribution in [1.82, 2.24) is 10.6 Å². The molecule has 7 nitrogen and oxygen atoms in total. The normalized spacial score (nSPS) is 13.8. The SMILES string of the molecule is C1CNCCN1.CC(=O)O.N=C(N)N. The number of carboxylic acids is 1. The molecule has 7 heteroatoms. The van der Waals surface area contributed by atoms with Crippen molar-refractivity contribution in [2.45, 2.75) is 6.92 Å². The van der Waals surface area contributed by atoms with E-state index in [0.717, 1.165) is 33.1 Å². The third-order valence-electron chi connectivity index (χ3n) is 0.957. The maximum Gasteiger partial charge on any atom is 0.300 e.